The van der Waals surface area contributed by atoms with Crippen LogP contribution in [0.15, 0.2) is 24.3 Å². The summed E-state index contributed by atoms with van der Waals surface area (Å²) in [6.45, 7) is 1.79. The summed E-state index contributed by atoms with van der Waals surface area (Å²) in [5.41, 5.74) is 6.06. The molecule has 0 spiro atoms. The van der Waals surface area contributed by atoms with Crippen molar-refractivity contribution in [3.8, 4) is 5.75 Å². The molecule has 88 valence electrons. The van der Waals surface area contributed by atoms with Crippen molar-refractivity contribution in [2.75, 3.05) is 7.11 Å². The first-order valence-corrected chi connectivity index (χ1v) is 5.15. The zero-order valence-electron chi connectivity index (χ0n) is 9.51. The molecule has 0 heterocycles. The molecule has 16 heavy (non-hydrogen) atoms. The van der Waals surface area contributed by atoms with Gasteiger partial charge in [-0.25, -0.2) is 0 Å². The van der Waals surface area contributed by atoms with Crippen molar-refractivity contribution in [2.45, 2.75) is 19.4 Å². The van der Waals surface area contributed by atoms with E-state index in [0.717, 1.165) is 11.3 Å². The van der Waals surface area contributed by atoms with Crippen molar-refractivity contribution in [2.24, 2.45) is 11.7 Å². The number of nitrogens with two attached hydrogens (primary N) is 1. The molecule has 0 saturated heterocycles. The lowest BCUT2D eigenvalue weighted by Crippen LogP contribution is -2.34. The SMILES string of the molecule is COc1ccc(C[C@H](C)C(O)C(N)=O)cc1. The number of methoxy groups -OCH3 is 1. The normalized spacial score (nSPS) is 14.2. The van der Waals surface area contributed by atoms with Gasteiger partial charge in [0.05, 0.1) is 7.11 Å². The standard InChI is InChI=1S/C12H17NO3/c1-8(11(14)12(13)15)7-9-3-5-10(16-2)6-4-9/h3-6,8,11,14H,7H2,1-2H3,(H2,13,15)/t8-,11?/m0/s1. The van der Waals surface area contributed by atoms with E-state index in [2.05, 4.69) is 0 Å². The Morgan fingerprint density at radius 1 is 1.44 bits per heavy atom. The molecular formula is C12H17NO3. The molecule has 2 atom stereocenters. The molecule has 0 aromatic heterocycles. The number of aliphatic hydroxyl groups excluding tert-OH is 1. The lowest BCUT2D eigenvalue weighted by molar-refractivity contribution is -0.128. The molecule has 0 saturated carbocycles. The Bertz CT molecular complexity index is 348. The van der Waals surface area contributed by atoms with Crippen LogP contribution in [-0.2, 0) is 11.2 Å². The molecule has 0 bridgehead atoms. The van der Waals surface area contributed by atoms with Crippen LogP contribution in [0.2, 0.25) is 0 Å². The first-order valence-electron chi connectivity index (χ1n) is 5.15. The monoisotopic (exact) mass is 223 g/mol. The number of hydrogen-bond donors (Lipinski definition) is 2. The van der Waals surface area contributed by atoms with Crippen LogP contribution >= 0.6 is 0 Å². The molecule has 0 aliphatic rings. The number of amides is 1. The Morgan fingerprint density at radius 2 is 2.00 bits per heavy atom. The van der Waals surface area contributed by atoms with Crippen LogP contribution in [0.1, 0.15) is 12.5 Å². The average molecular weight is 223 g/mol. The minimum absolute atomic E-state index is 0.189. The summed E-state index contributed by atoms with van der Waals surface area (Å²) in [7, 11) is 1.61. The third-order valence-electron chi connectivity index (χ3n) is 2.55. The van der Waals surface area contributed by atoms with Gasteiger partial charge in [-0.05, 0) is 30.0 Å². The molecule has 0 radical (unpaired) electrons. The molecule has 1 unspecified atom stereocenters. The molecular weight excluding hydrogens is 206 g/mol. The molecule has 0 aliphatic heterocycles. The number of rotatable bonds is 5. The van der Waals surface area contributed by atoms with Crippen molar-refractivity contribution in [1.29, 1.82) is 0 Å². The minimum Gasteiger partial charge on any atom is -0.497 e. The second-order valence-electron chi connectivity index (χ2n) is 3.88. The third kappa shape index (κ3) is 3.24. The predicted molar refractivity (Wildman–Crippen MR) is 61.1 cm³/mol. The highest BCUT2D eigenvalue weighted by Crippen LogP contribution is 2.16. The first kappa shape index (κ1) is 12.5. The first-order chi connectivity index (χ1) is 7.54. The molecule has 1 aromatic rings. The van der Waals surface area contributed by atoms with Crippen molar-refractivity contribution >= 4 is 5.91 Å². The maximum Gasteiger partial charge on any atom is 0.246 e. The Morgan fingerprint density at radius 3 is 2.44 bits per heavy atom. The zero-order valence-corrected chi connectivity index (χ0v) is 9.51. The Labute approximate surface area is 95.0 Å². The van der Waals surface area contributed by atoms with E-state index in [0.29, 0.717) is 6.42 Å². The summed E-state index contributed by atoms with van der Waals surface area (Å²) >= 11 is 0. The van der Waals surface area contributed by atoms with Gasteiger partial charge in [-0.3, -0.25) is 4.79 Å². The highest BCUT2D eigenvalue weighted by Gasteiger charge is 2.19. The summed E-state index contributed by atoms with van der Waals surface area (Å²) in [6.07, 6.45) is -0.490. The fourth-order valence-electron chi connectivity index (χ4n) is 1.53. The average Bonchev–Trinajstić information content (AvgIpc) is 2.28. The van der Waals surface area contributed by atoms with Crippen LogP contribution < -0.4 is 10.5 Å². The van der Waals surface area contributed by atoms with E-state index >= 15 is 0 Å². The minimum atomic E-state index is -1.10. The van der Waals surface area contributed by atoms with Gasteiger partial charge >= 0.3 is 0 Å². The molecule has 1 aromatic carbocycles. The van der Waals surface area contributed by atoms with Gasteiger partial charge in [0.15, 0.2) is 0 Å². The fourth-order valence-corrected chi connectivity index (χ4v) is 1.53. The summed E-state index contributed by atoms with van der Waals surface area (Å²) in [4.78, 5) is 10.8. The molecule has 0 aliphatic carbocycles. The lowest BCUT2D eigenvalue weighted by Gasteiger charge is -2.15. The summed E-state index contributed by atoms with van der Waals surface area (Å²) in [6, 6.07) is 7.50. The molecule has 4 nitrogen and oxygen atoms in total. The molecule has 1 amide bonds. The van der Waals surface area contributed by atoms with Crippen molar-refractivity contribution in [1.82, 2.24) is 0 Å². The van der Waals surface area contributed by atoms with Gasteiger partial charge < -0.3 is 15.6 Å². The van der Waals surface area contributed by atoms with Gasteiger partial charge in [-0.1, -0.05) is 19.1 Å². The van der Waals surface area contributed by atoms with E-state index < -0.39 is 12.0 Å². The lowest BCUT2D eigenvalue weighted by atomic mass is 9.95. The zero-order chi connectivity index (χ0) is 12.1. The largest absolute Gasteiger partial charge is 0.497 e. The number of primary amides is 1. The number of hydrogen-bond acceptors (Lipinski definition) is 3. The maximum absolute atomic E-state index is 10.8. The van der Waals surface area contributed by atoms with E-state index in [-0.39, 0.29) is 5.92 Å². The maximum atomic E-state index is 10.8. The smallest absolute Gasteiger partial charge is 0.246 e. The number of ether oxygens (including phenoxy) is 1. The summed E-state index contributed by atoms with van der Waals surface area (Å²) < 4.78 is 5.04. The van der Waals surface area contributed by atoms with E-state index in [1.165, 1.54) is 0 Å². The number of aliphatic hydroxyl groups is 1. The second-order valence-corrected chi connectivity index (χ2v) is 3.88. The Hall–Kier alpha value is -1.55. The van der Waals surface area contributed by atoms with Crippen molar-refractivity contribution in [3.05, 3.63) is 29.8 Å². The van der Waals surface area contributed by atoms with Gasteiger partial charge in [0.25, 0.3) is 0 Å². The third-order valence-corrected chi connectivity index (χ3v) is 2.55. The molecule has 0 fully saturated rings. The van der Waals surface area contributed by atoms with E-state index in [4.69, 9.17) is 10.5 Å². The molecule has 1 rings (SSSR count). The number of benzene rings is 1. The van der Waals surface area contributed by atoms with E-state index in [9.17, 15) is 9.90 Å². The van der Waals surface area contributed by atoms with Crippen molar-refractivity contribution in [3.63, 3.8) is 0 Å². The van der Waals surface area contributed by atoms with E-state index in [1.54, 1.807) is 14.0 Å². The van der Waals surface area contributed by atoms with E-state index in [1.807, 2.05) is 24.3 Å². The van der Waals surface area contributed by atoms with Gasteiger partial charge in [-0.2, -0.15) is 0 Å². The quantitative estimate of drug-likeness (QED) is 0.772. The highest BCUT2D eigenvalue weighted by molar-refractivity contribution is 5.78. The van der Waals surface area contributed by atoms with Gasteiger partial charge in [0.1, 0.15) is 11.9 Å². The highest BCUT2D eigenvalue weighted by atomic mass is 16.5. The van der Waals surface area contributed by atoms with Crippen molar-refractivity contribution < 1.29 is 14.6 Å². The topological polar surface area (TPSA) is 72.6 Å². The molecule has 3 N–H and O–H groups in total. The fraction of sp³-hybridized carbons (Fsp3) is 0.417. The van der Waals surface area contributed by atoms with Crippen LogP contribution in [0.3, 0.4) is 0 Å². The second kappa shape index (κ2) is 5.51. The van der Waals surface area contributed by atoms with Gasteiger partial charge in [-0.15, -0.1) is 0 Å². The van der Waals surface area contributed by atoms with Gasteiger partial charge in [0.2, 0.25) is 5.91 Å². The summed E-state index contributed by atoms with van der Waals surface area (Å²) in [5.74, 6) is -0.0845. The van der Waals surface area contributed by atoms with Gasteiger partial charge in [0, 0.05) is 0 Å². The Kier molecular flexibility index (Phi) is 4.31. The van der Waals surface area contributed by atoms with Crippen LogP contribution in [0.25, 0.3) is 0 Å². The predicted octanol–water partition coefficient (Wildman–Crippen LogP) is 0.720. The van der Waals surface area contributed by atoms with Crippen LogP contribution in [-0.4, -0.2) is 24.2 Å². The number of carbonyl (C=O) groups is 1. The number of carbonyl (C=O) groups excluding carboxylic acids is 1. The van der Waals surface area contributed by atoms with Crippen LogP contribution in [0.4, 0.5) is 0 Å². The Balaban J connectivity index is 2.62. The summed E-state index contributed by atoms with van der Waals surface area (Å²) in [5, 5.41) is 9.46. The van der Waals surface area contributed by atoms with Crippen LogP contribution in [0.5, 0.6) is 5.75 Å². The molecule has 4 heteroatoms. The van der Waals surface area contributed by atoms with Crippen LogP contribution in [0, 0.1) is 5.92 Å².